The molecule has 1 rings (SSSR count). The first-order valence-corrected chi connectivity index (χ1v) is 4.32. The maximum atomic E-state index is 9.28. The van der Waals surface area contributed by atoms with E-state index in [0.29, 0.717) is 0 Å². The van der Waals surface area contributed by atoms with Gasteiger partial charge in [-0.1, -0.05) is 12.1 Å². The van der Waals surface area contributed by atoms with Gasteiger partial charge in [0.15, 0.2) is 0 Å². The molecule has 1 aromatic rings. The van der Waals surface area contributed by atoms with Gasteiger partial charge in [0, 0.05) is 5.69 Å². The van der Waals surface area contributed by atoms with E-state index >= 15 is 0 Å². The summed E-state index contributed by atoms with van der Waals surface area (Å²) in [5.41, 5.74) is 14.1. The third-order valence-electron chi connectivity index (χ3n) is 2.20. The number of aliphatic hydroxyl groups is 1. The second kappa shape index (κ2) is 3.77. The minimum absolute atomic E-state index is 0.334. The SMILES string of the molecule is Cc1cc([C@@H](N)[C@H](C)O)ccc1N. The maximum absolute atomic E-state index is 9.28. The summed E-state index contributed by atoms with van der Waals surface area (Å²) in [6.07, 6.45) is -0.539. The van der Waals surface area contributed by atoms with Crippen LogP contribution >= 0.6 is 0 Å². The van der Waals surface area contributed by atoms with Gasteiger partial charge in [-0.3, -0.25) is 0 Å². The first-order valence-electron chi connectivity index (χ1n) is 4.32. The van der Waals surface area contributed by atoms with Gasteiger partial charge in [-0.2, -0.15) is 0 Å². The molecule has 0 heterocycles. The molecule has 0 fully saturated rings. The van der Waals surface area contributed by atoms with Gasteiger partial charge in [0.1, 0.15) is 0 Å². The van der Waals surface area contributed by atoms with E-state index in [1.165, 1.54) is 0 Å². The molecule has 0 amide bonds. The molecule has 0 aliphatic carbocycles. The first-order chi connectivity index (χ1) is 6.02. The molecular weight excluding hydrogens is 164 g/mol. The summed E-state index contributed by atoms with van der Waals surface area (Å²) in [6, 6.07) is 5.23. The van der Waals surface area contributed by atoms with Crippen LogP contribution in [0.25, 0.3) is 0 Å². The van der Waals surface area contributed by atoms with Crippen LogP contribution in [0.15, 0.2) is 18.2 Å². The van der Waals surface area contributed by atoms with Crippen LogP contribution in [0.5, 0.6) is 0 Å². The molecule has 0 radical (unpaired) electrons. The Labute approximate surface area is 78.4 Å². The highest BCUT2D eigenvalue weighted by Crippen LogP contribution is 2.19. The zero-order chi connectivity index (χ0) is 10.0. The standard InChI is InChI=1S/C10H16N2O/c1-6-5-8(3-4-9(6)11)10(12)7(2)13/h3-5,7,10,13H,11-12H2,1-2H3/t7-,10-/m0/s1. The molecule has 0 bridgehead atoms. The van der Waals surface area contributed by atoms with Crippen molar-refractivity contribution in [3.05, 3.63) is 29.3 Å². The van der Waals surface area contributed by atoms with Gasteiger partial charge in [0.05, 0.1) is 12.1 Å². The molecule has 0 saturated heterocycles. The second-order valence-electron chi connectivity index (χ2n) is 3.38. The molecule has 1 aromatic carbocycles. The summed E-state index contributed by atoms with van der Waals surface area (Å²) >= 11 is 0. The van der Waals surface area contributed by atoms with Crippen LogP contribution in [0.2, 0.25) is 0 Å². The molecule has 5 N–H and O–H groups in total. The molecular formula is C10H16N2O. The van der Waals surface area contributed by atoms with Crippen molar-refractivity contribution < 1.29 is 5.11 Å². The van der Waals surface area contributed by atoms with E-state index in [9.17, 15) is 5.11 Å². The lowest BCUT2D eigenvalue weighted by Gasteiger charge is -2.15. The summed E-state index contributed by atoms with van der Waals surface area (Å²) in [6.45, 7) is 3.60. The van der Waals surface area contributed by atoms with Crippen molar-refractivity contribution in [1.29, 1.82) is 0 Å². The zero-order valence-corrected chi connectivity index (χ0v) is 7.99. The largest absolute Gasteiger partial charge is 0.399 e. The van der Waals surface area contributed by atoms with Gasteiger partial charge in [0.2, 0.25) is 0 Å². The van der Waals surface area contributed by atoms with Crippen molar-refractivity contribution in [1.82, 2.24) is 0 Å². The van der Waals surface area contributed by atoms with Gasteiger partial charge in [-0.15, -0.1) is 0 Å². The Morgan fingerprint density at radius 2 is 2.00 bits per heavy atom. The van der Waals surface area contributed by atoms with Crippen molar-refractivity contribution in [2.75, 3.05) is 5.73 Å². The van der Waals surface area contributed by atoms with Gasteiger partial charge in [0.25, 0.3) is 0 Å². The summed E-state index contributed by atoms with van der Waals surface area (Å²) in [4.78, 5) is 0. The molecule has 3 heteroatoms. The minimum Gasteiger partial charge on any atom is -0.399 e. The van der Waals surface area contributed by atoms with Gasteiger partial charge in [-0.25, -0.2) is 0 Å². The number of hydrogen-bond donors (Lipinski definition) is 3. The van der Waals surface area contributed by atoms with E-state index in [-0.39, 0.29) is 6.04 Å². The van der Waals surface area contributed by atoms with Crippen LogP contribution in [-0.2, 0) is 0 Å². The summed E-state index contributed by atoms with van der Waals surface area (Å²) in [5, 5.41) is 9.28. The molecule has 0 aliphatic rings. The fraction of sp³-hybridized carbons (Fsp3) is 0.400. The minimum atomic E-state index is -0.539. The third kappa shape index (κ3) is 2.20. The van der Waals surface area contributed by atoms with Crippen molar-refractivity contribution in [2.24, 2.45) is 5.73 Å². The van der Waals surface area contributed by atoms with Gasteiger partial charge >= 0.3 is 0 Å². The Hall–Kier alpha value is -1.06. The Kier molecular flexibility index (Phi) is 2.90. The lowest BCUT2D eigenvalue weighted by Crippen LogP contribution is -2.23. The second-order valence-corrected chi connectivity index (χ2v) is 3.38. The molecule has 0 aliphatic heterocycles. The molecule has 0 unspecified atom stereocenters. The van der Waals surface area contributed by atoms with E-state index in [2.05, 4.69) is 0 Å². The number of anilines is 1. The number of nitrogens with two attached hydrogens (primary N) is 2. The van der Waals surface area contributed by atoms with Crippen molar-refractivity contribution >= 4 is 5.69 Å². The van der Waals surface area contributed by atoms with Crippen LogP contribution in [-0.4, -0.2) is 11.2 Å². The predicted molar refractivity (Wildman–Crippen MR) is 54.2 cm³/mol. The highest BCUT2D eigenvalue weighted by atomic mass is 16.3. The van der Waals surface area contributed by atoms with E-state index in [1.54, 1.807) is 6.92 Å². The Bertz CT molecular complexity index is 297. The van der Waals surface area contributed by atoms with Crippen molar-refractivity contribution in [3.8, 4) is 0 Å². The molecule has 13 heavy (non-hydrogen) atoms. The molecule has 0 spiro atoms. The van der Waals surface area contributed by atoms with Crippen LogP contribution in [0.1, 0.15) is 24.1 Å². The number of hydrogen-bond acceptors (Lipinski definition) is 3. The predicted octanol–water partition coefficient (Wildman–Crippen LogP) is 0.958. The summed E-state index contributed by atoms with van der Waals surface area (Å²) in [7, 11) is 0. The number of aryl methyl sites for hydroxylation is 1. The Balaban J connectivity index is 2.97. The number of benzene rings is 1. The van der Waals surface area contributed by atoms with Crippen LogP contribution in [0.3, 0.4) is 0 Å². The maximum Gasteiger partial charge on any atom is 0.0704 e. The zero-order valence-electron chi connectivity index (χ0n) is 7.99. The van der Waals surface area contributed by atoms with Crippen molar-refractivity contribution in [2.45, 2.75) is 26.0 Å². The third-order valence-corrected chi connectivity index (χ3v) is 2.20. The molecule has 2 atom stereocenters. The van der Waals surface area contributed by atoms with E-state index in [1.807, 2.05) is 25.1 Å². The average Bonchev–Trinajstić information content (AvgIpc) is 2.08. The van der Waals surface area contributed by atoms with Crippen LogP contribution < -0.4 is 11.5 Å². The topological polar surface area (TPSA) is 72.3 Å². The van der Waals surface area contributed by atoms with E-state index in [4.69, 9.17) is 11.5 Å². The number of nitrogen functional groups attached to an aromatic ring is 1. The lowest BCUT2D eigenvalue weighted by molar-refractivity contribution is 0.164. The molecule has 72 valence electrons. The Morgan fingerprint density at radius 1 is 1.38 bits per heavy atom. The van der Waals surface area contributed by atoms with E-state index in [0.717, 1.165) is 16.8 Å². The highest BCUT2D eigenvalue weighted by molar-refractivity contribution is 5.48. The molecule has 0 aromatic heterocycles. The fourth-order valence-electron chi connectivity index (χ4n) is 1.18. The number of rotatable bonds is 2. The quantitative estimate of drug-likeness (QED) is 0.593. The smallest absolute Gasteiger partial charge is 0.0704 e. The van der Waals surface area contributed by atoms with Crippen LogP contribution in [0.4, 0.5) is 5.69 Å². The van der Waals surface area contributed by atoms with Crippen molar-refractivity contribution in [3.63, 3.8) is 0 Å². The normalized spacial score (nSPS) is 15.4. The summed E-state index contributed by atoms with van der Waals surface area (Å²) in [5.74, 6) is 0. The first kappa shape index (κ1) is 10.0. The molecule has 3 nitrogen and oxygen atoms in total. The monoisotopic (exact) mass is 180 g/mol. The Morgan fingerprint density at radius 3 is 2.46 bits per heavy atom. The average molecular weight is 180 g/mol. The van der Waals surface area contributed by atoms with Crippen LogP contribution in [0, 0.1) is 6.92 Å². The van der Waals surface area contributed by atoms with Gasteiger partial charge in [-0.05, 0) is 31.0 Å². The lowest BCUT2D eigenvalue weighted by atomic mass is 10.0. The van der Waals surface area contributed by atoms with Gasteiger partial charge < -0.3 is 16.6 Å². The fourth-order valence-corrected chi connectivity index (χ4v) is 1.18. The highest BCUT2D eigenvalue weighted by Gasteiger charge is 2.11. The number of aliphatic hydroxyl groups excluding tert-OH is 1. The summed E-state index contributed by atoms with van der Waals surface area (Å²) < 4.78 is 0. The molecule has 0 saturated carbocycles. The van der Waals surface area contributed by atoms with E-state index < -0.39 is 6.10 Å².